The number of ether oxygens (including phenoxy) is 3. The van der Waals surface area contributed by atoms with E-state index in [1.165, 1.54) is 0 Å². The highest BCUT2D eigenvalue weighted by atomic mass is 35.5. The molecule has 1 aromatic carbocycles. The van der Waals surface area contributed by atoms with E-state index in [0.29, 0.717) is 36.8 Å². The molecule has 0 heterocycles. The zero-order valence-corrected chi connectivity index (χ0v) is 13.6. The van der Waals surface area contributed by atoms with Crippen LogP contribution in [-0.4, -0.2) is 40.8 Å². The maximum Gasteiger partial charge on any atom is 0.221 e. The van der Waals surface area contributed by atoms with Gasteiger partial charge in [0.25, 0.3) is 0 Å². The number of halogens is 1. The Morgan fingerprint density at radius 2 is 1.62 bits per heavy atom. The number of hydrogen-bond donors (Lipinski definition) is 2. The molecule has 6 nitrogen and oxygen atoms in total. The fourth-order valence-corrected chi connectivity index (χ4v) is 1.75. The number of carbonyl (C=O) groups is 1. The molecule has 0 atom stereocenters. The van der Waals surface area contributed by atoms with Crippen molar-refractivity contribution in [3.05, 3.63) is 17.7 Å². The van der Waals surface area contributed by atoms with Crippen LogP contribution in [0.3, 0.4) is 0 Å². The van der Waals surface area contributed by atoms with Crippen molar-refractivity contribution in [3.8, 4) is 17.2 Å². The molecule has 0 spiro atoms. The summed E-state index contributed by atoms with van der Waals surface area (Å²) in [5, 5.41) is 5.77. The van der Waals surface area contributed by atoms with E-state index in [0.717, 1.165) is 5.56 Å². The Labute approximate surface area is 131 Å². The second-order valence-corrected chi connectivity index (χ2v) is 4.15. The minimum absolute atomic E-state index is 0. The summed E-state index contributed by atoms with van der Waals surface area (Å²) in [5.41, 5.74) is 0.836. The molecule has 0 bridgehead atoms. The van der Waals surface area contributed by atoms with Gasteiger partial charge in [-0.3, -0.25) is 4.79 Å². The number of rotatable bonds is 8. The first kappa shape index (κ1) is 19.3. The third kappa shape index (κ3) is 5.69. The molecule has 120 valence electrons. The van der Waals surface area contributed by atoms with Gasteiger partial charge in [0.05, 0.1) is 21.3 Å². The molecule has 7 heteroatoms. The lowest BCUT2D eigenvalue weighted by atomic mass is 10.1. The zero-order valence-electron chi connectivity index (χ0n) is 12.8. The van der Waals surface area contributed by atoms with Crippen LogP contribution in [0.1, 0.15) is 12.0 Å². The molecule has 1 aromatic rings. The lowest BCUT2D eigenvalue weighted by Crippen LogP contribution is -2.26. The molecule has 0 aliphatic heterocycles. The fraction of sp³-hybridized carbons (Fsp3) is 0.500. The van der Waals surface area contributed by atoms with E-state index in [-0.39, 0.29) is 18.3 Å². The largest absolute Gasteiger partial charge is 0.496 e. The number of benzene rings is 1. The molecule has 1 amide bonds. The normalized spacial score (nSPS) is 9.52. The van der Waals surface area contributed by atoms with Crippen molar-refractivity contribution in [1.82, 2.24) is 10.6 Å². The molecule has 0 saturated carbocycles. The molecule has 2 N–H and O–H groups in total. The van der Waals surface area contributed by atoms with Gasteiger partial charge in [-0.1, -0.05) is 0 Å². The molecule has 0 aliphatic rings. The number of hydrogen-bond acceptors (Lipinski definition) is 5. The first-order chi connectivity index (χ1) is 9.65. The van der Waals surface area contributed by atoms with Gasteiger partial charge in [0.15, 0.2) is 11.5 Å². The maximum absolute atomic E-state index is 11.6. The third-order valence-corrected chi connectivity index (χ3v) is 2.86. The zero-order chi connectivity index (χ0) is 15.0. The lowest BCUT2D eigenvalue weighted by molar-refractivity contribution is -0.121. The summed E-state index contributed by atoms with van der Waals surface area (Å²) in [6.45, 7) is 1.03. The van der Waals surface area contributed by atoms with Gasteiger partial charge in [-0.15, -0.1) is 12.4 Å². The van der Waals surface area contributed by atoms with Crippen LogP contribution in [0.15, 0.2) is 12.1 Å². The quantitative estimate of drug-likeness (QED) is 0.757. The third-order valence-electron chi connectivity index (χ3n) is 2.86. The Balaban J connectivity index is 0.00000400. The topological polar surface area (TPSA) is 68.8 Å². The summed E-state index contributed by atoms with van der Waals surface area (Å²) >= 11 is 0. The molecule has 0 radical (unpaired) electrons. The van der Waals surface area contributed by atoms with Crippen molar-refractivity contribution in [3.63, 3.8) is 0 Å². The highest BCUT2D eigenvalue weighted by Gasteiger charge is 2.12. The molecule has 1 rings (SSSR count). The molecule has 0 saturated heterocycles. The summed E-state index contributed by atoms with van der Waals surface area (Å²) < 4.78 is 15.8. The van der Waals surface area contributed by atoms with Gasteiger partial charge >= 0.3 is 0 Å². The Bertz CT molecular complexity index is 455. The van der Waals surface area contributed by atoms with E-state index >= 15 is 0 Å². The van der Waals surface area contributed by atoms with Crippen LogP contribution in [0.2, 0.25) is 0 Å². The molecular formula is C14H23ClN2O4. The monoisotopic (exact) mass is 318 g/mol. The van der Waals surface area contributed by atoms with Crippen molar-refractivity contribution in [2.24, 2.45) is 0 Å². The Morgan fingerprint density at radius 1 is 1.05 bits per heavy atom. The van der Waals surface area contributed by atoms with Crippen LogP contribution in [-0.2, 0) is 11.3 Å². The first-order valence-corrected chi connectivity index (χ1v) is 6.36. The van der Waals surface area contributed by atoms with Crippen molar-refractivity contribution >= 4 is 18.3 Å². The van der Waals surface area contributed by atoms with Gasteiger partial charge in [0.1, 0.15) is 5.75 Å². The van der Waals surface area contributed by atoms with Crippen LogP contribution >= 0.6 is 12.4 Å². The second-order valence-electron chi connectivity index (χ2n) is 4.15. The SMILES string of the molecule is CNCCC(=O)NCc1cc(OC)c(OC)cc1OC.Cl. The van der Waals surface area contributed by atoms with Gasteiger partial charge < -0.3 is 24.8 Å². The average molecular weight is 319 g/mol. The van der Waals surface area contributed by atoms with E-state index in [1.54, 1.807) is 33.5 Å². The summed E-state index contributed by atoms with van der Waals surface area (Å²) in [4.78, 5) is 11.6. The highest BCUT2D eigenvalue weighted by Crippen LogP contribution is 2.34. The Kier molecular flexibility index (Phi) is 9.32. The van der Waals surface area contributed by atoms with Crippen LogP contribution in [0, 0.1) is 0 Å². The van der Waals surface area contributed by atoms with Gasteiger partial charge in [-0.25, -0.2) is 0 Å². The highest BCUT2D eigenvalue weighted by molar-refractivity contribution is 5.85. The minimum atomic E-state index is -0.0174. The minimum Gasteiger partial charge on any atom is -0.496 e. The molecule has 21 heavy (non-hydrogen) atoms. The number of nitrogens with one attached hydrogen (secondary N) is 2. The Hall–Kier alpha value is -1.66. The van der Waals surface area contributed by atoms with E-state index in [4.69, 9.17) is 14.2 Å². The van der Waals surface area contributed by atoms with Crippen LogP contribution < -0.4 is 24.8 Å². The van der Waals surface area contributed by atoms with E-state index < -0.39 is 0 Å². The van der Waals surface area contributed by atoms with Crippen molar-refractivity contribution in [1.29, 1.82) is 0 Å². The molecule has 0 unspecified atom stereocenters. The summed E-state index contributed by atoms with van der Waals surface area (Å²) in [5.74, 6) is 1.83. The molecular weight excluding hydrogens is 296 g/mol. The van der Waals surface area contributed by atoms with Crippen LogP contribution in [0.25, 0.3) is 0 Å². The van der Waals surface area contributed by atoms with Crippen LogP contribution in [0.5, 0.6) is 17.2 Å². The maximum atomic E-state index is 11.6. The van der Waals surface area contributed by atoms with E-state index in [2.05, 4.69) is 10.6 Å². The number of carbonyl (C=O) groups excluding carboxylic acids is 1. The predicted octanol–water partition coefficient (Wildman–Crippen LogP) is 1.36. The van der Waals surface area contributed by atoms with Gasteiger partial charge in [0, 0.05) is 31.1 Å². The molecule has 0 aliphatic carbocycles. The Morgan fingerprint density at radius 3 is 2.14 bits per heavy atom. The van der Waals surface area contributed by atoms with Crippen LogP contribution in [0.4, 0.5) is 0 Å². The summed E-state index contributed by atoms with van der Waals surface area (Å²) in [6, 6.07) is 3.55. The molecule has 0 aromatic heterocycles. The van der Waals surface area contributed by atoms with E-state index in [1.807, 2.05) is 7.05 Å². The standard InChI is InChI=1S/C14H22N2O4.ClH/c1-15-6-5-14(17)16-9-10-7-12(19-3)13(20-4)8-11(10)18-2;/h7-8,15H,5-6,9H2,1-4H3,(H,16,17);1H. The van der Waals surface area contributed by atoms with Crippen molar-refractivity contribution in [2.45, 2.75) is 13.0 Å². The molecule has 0 fully saturated rings. The van der Waals surface area contributed by atoms with Gasteiger partial charge in [-0.05, 0) is 13.1 Å². The fourth-order valence-electron chi connectivity index (χ4n) is 1.75. The summed E-state index contributed by atoms with van der Waals surface area (Å²) in [7, 11) is 6.52. The lowest BCUT2D eigenvalue weighted by Gasteiger charge is -2.14. The second kappa shape index (κ2) is 10.1. The predicted molar refractivity (Wildman–Crippen MR) is 83.7 cm³/mol. The average Bonchev–Trinajstić information content (AvgIpc) is 2.49. The smallest absolute Gasteiger partial charge is 0.221 e. The van der Waals surface area contributed by atoms with Gasteiger partial charge in [0.2, 0.25) is 5.91 Å². The number of methoxy groups -OCH3 is 3. The van der Waals surface area contributed by atoms with Gasteiger partial charge in [-0.2, -0.15) is 0 Å². The first-order valence-electron chi connectivity index (χ1n) is 6.36. The summed E-state index contributed by atoms with van der Waals surface area (Å²) in [6.07, 6.45) is 0.437. The van der Waals surface area contributed by atoms with Crippen molar-refractivity contribution < 1.29 is 19.0 Å². The van der Waals surface area contributed by atoms with Crippen molar-refractivity contribution in [2.75, 3.05) is 34.9 Å². The van der Waals surface area contributed by atoms with E-state index in [9.17, 15) is 4.79 Å². The number of amides is 1.